The van der Waals surface area contributed by atoms with Crippen LogP contribution < -0.4 is 10.0 Å². The van der Waals surface area contributed by atoms with Crippen molar-refractivity contribution in [3.63, 3.8) is 0 Å². The molecule has 2 aromatic carbocycles. The largest absolute Gasteiger partial charge is 0.348 e. The summed E-state index contributed by atoms with van der Waals surface area (Å²) in [6.07, 6.45) is 1.47. The third-order valence-electron chi connectivity index (χ3n) is 3.72. The third-order valence-corrected chi connectivity index (χ3v) is 5.49. The molecule has 0 radical (unpaired) electrons. The molecule has 1 fully saturated rings. The maximum Gasteiger partial charge on any atom is 0.251 e. The fraction of sp³-hybridized carbons (Fsp3) is 0.235. The molecule has 0 bridgehead atoms. The molecule has 0 atom stereocenters. The predicted octanol–water partition coefficient (Wildman–Crippen LogP) is 2.85. The zero-order chi connectivity index (χ0) is 18.0. The summed E-state index contributed by atoms with van der Waals surface area (Å²) in [7, 11) is -3.98. The van der Waals surface area contributed by atoms with Crippen LogP contribution in [0.1, 0.15) is 28.8 Å². The van der Waals surface area contributed by atoms with Gasteiger partial charge in [-0.05, 0) is 48.7 Å². The highest BCUT2D eigenvalue weighted by atomic mass is 35.5. The zero-order valence-electron chi connectivity index (χ0n) is 13.1. The number of carbonyl (C=O) groups excluding carboxylic acids is 1. The number of carbonyl (C=O) groups is 1. The lowest BCUT2D eigenvalue weighted by molar-refractivity contribution is 0.0950. The number of hydrogen-bond acceptors (Lipinski definition) is 3. The van der Waals surface area contributed by atoms with Crippen molar-refractivity contribution in [1.29, 1.82) is 0 Å². The maximum atomic E-state index is 13.9. The molecule has 0 unspecified atom stereocenters. The molecule has 0 aliphatic heterocycles. The maximum absolute atomic E-state index is 13.9. The van der Waals surface area contributed by atoms with Gasteiger partial charge in [0, 0.05) is 23.2 Å². The van der Waals surface area contributed by atoms with E-state index < -0.39 is 26.6 Å². The summed E-state index contributed by atoms with van der Waals surface area (Å²) in [6, 6.07) is 10.1. The lowest BCUT2D eigenvalue weighted by atomic mass is 10.2. The zero-order valence-corrected chi connectivity index (χ0v) is 14.7. The first-order chi connectivity index (χ1) is 11.8. The van der Waals surface area contributed by atoms with Crippen LogP contribution in [0.15, 0.2) is 47.4 Å². The van der Waals surface area contributed by atoms with Gasteiger partial charge in [-0.25, -0.2) is 17.5 Å². The molecule has 1 saturated carbocycles. The Morgan fingerprint density at radius 3 is 2.64 bits per heavy atom. The summed E-state index contributed by atoms with van der Waals surface area (Å²) in [6.45, 7) is 0.221. The van der Waals surface area contributed by atoms with E-state index in [4.69, 9.17) is 11.6 Å². The van der Waals surface area contributed by atoms with Gasteiger partial charge in [-0.2, -0.15) is 0 Å². The first-order valence-corrected chi connectivity index (χ1v) is 9.56. The minimum Gasteiger partial charge on any atom is -0.348 e. The van der Waals surface area contributed by atoms with Crippen LogP contribution in [0.3, 0.4) is 0 Å². The second-order valence-electron chi connectivity index (χ2n) is 5.85. The molecule has 5 nitrogen and oxygen atoms in total. The number of nitrogens with one attached hydrogen (secondary N) is 2. The van der Waals surface area contributed by atoms with E-state index in [2.05, 4.69) is 10.0 Å². The molecule has 1 amide bonds. The summed E-state index contributed by atoms with van der Waals surface area (Å²) >= 11 is 5.88. The Balaban J connectivity index is 1.75. The van der Waals surface area contributed by atoms with Gasteiger partial charge >= 0.3 is 0 Å². The molecule has 8 heteroatoms. The van der Waals surface area contributed by atoms with Crippen molar-refractivity contribution in [1.82, 2.24) is 10.0 Å². The molecule has 0 spiro atoms. The minimum absolute atomic E-state index is 0.0691. The molecule has 2 aromatic rings. The molecular weight excluding hydrogens is 367 g/mol. The van der Waals surface area contributed by atoms with Gasteiger partial charge in [0.1, 0.15) is 10.7 Å². The van der Waals surface area contributed by atoms with Crippen LogP contribution >= 0.6 is 11.6 Å². The first kappa shape index (κ1) is 17.8. The van der Waals surface area contributed by atoms with Gasteiger partial charge in [-0.15, -0.1) is 0 Å². The first-order valence-electron chi connectivity index (χ1n) is 7.70. The third kappa shape index (κ3) is 4.56. The summed E-state index contributed by atoms with van der Waals surface area (Å²) in [5.74, 6) is -1.39. The highest BCUT2D eigenvalue weighted by Crippen LogP contribution is 2.24. The van der Waals surface area contributed by atoms with E-state index in [0.717, 1.165) is 30.5 Å². The topological polar surface area (TPSA) is 75.3 Å². The van der Waals surface area contributed by atoms with E-state index >= 15 is 0 Å². The lowest BCUT2D eigenvalue weighted by Gasteiger charge is -2.10. The number of hydrogen-bond donors (Lipinski definition) is 2. The Kier molecular flexibility index (Phi) is 5.08. The van der Waals surface area contributed by atoms with Crippen molar-refractivity contribution in [3.8, 4) is 0 Å². The number of benzene rings is 2. The summed E-state index contributed by atoms with van der Waals surface area (Å²) in [5.41, 5.74) is 0.866. The molecule has 0 aromatic heterocycles. The van der Waals surface area contributed by atoms with Crippen LogP contribution in [0.2, 0.25) is 5.02 Å². The monoisotopic (exact) mass is 382 g/mol. The predicted molar refractivity (Wildman–Crippen MR) is 92.4 cm³/mol. The Morgan fingerprint density at radius 1 is 1.20 bits per heavy atom. The number of amides is 1. The van der Waals surface area contributed by atoms with Crippen molar-refractivity contribution in [2.75, 3.05) is 0 Å². The van der Waals surface area contributed by atoms with Crippen LogP contribution in [0.5, 0.6) is 0 Å². The smallest absolute Gasteiger partial charge is 0.251 e. The quantitative estimate of drug-likeness (QED) is 0.806. The standard InChI is InChI=1S/C17H16ClFN2O3S/c18-13-3-1-2-11(8-13)10-20-17(22)12-4-7-15(19)16(9-12)25(23,24)21-14-5-6-14/h1-4,7-9,14,21H,5-6,10H2,(H,20,22). The van der Waals surface area contributed by atoms with Gasteiger partial charge in [-0.1, -0.05) is 23.7 Å². The minimum atomic E-state index is -3.98. The number of halogens is 2. The summed E-state index contributed by atoms with van der Waals surface area (Å²) < 4.78 is 40.7. The molecule has 0 heterocycles. The Morgan fingerprint density at radius 2 is 1.96 bits per heavy atom. The summed E-state index contributed by atoms with van der Waals surface area (Å²) in [4.78, 5) is 11.7. The normalized spacial score (nSPS) is 14.3. The van der Waals surface area contributed by atoms with Crippen molar-refractivity contribution in [2.24, 2.45) is 0 Å². The SMILES string of the molecule is O=C(NCc1cccc(Cl)c1)c1ccc(F)c(S(=O)(=O)NC2CC2)c1. The van der Waals surface area contributed by atoms with E-state index in [1.165, 1.54) is 6.07 Å². The molecule has 25 heavy (non-hydrogen) atoms. The van der Waals surface area contributed by atoms with Crippen LogP contribution in [-0.4, -0.2) is 20.4 Å². The fourth-order valence-electron chi connectivity index (χ4n) is 2.27. The van der Waals surface area contributed by atoms with E-state index in [-0.39, 0.29) is 18.2 Å². The van der Waals surface area contributed by atoms with Gasteiger partial charge in [0.2, 0.25) is 10.0 Å². The summed E-state index contributed by atoms with van der Waals surface area (Å²) in [5, 5.41) is 3.21. The van der Waals surface area contributed by atoms with E-state index in [1.807, 2.05) is 0 Å². The Hall–Kier alpha value is -1.96. The van der Waals surface area contributed by atoms with Gasteiger partial charge < -0.3 is 5.32 Å². The molecule has 1 aliphatic carbocycles. The van der Waals surface area contributed by atoms with E-state index in [1.54, 1.807) is 24.3 Å². The van der Waals surface area contributed by atoms with Crippen LogP contribution in [-0.2, 0) is 16.6 Å². The van der Waals surface area contributed by atoms with Crippen LogP contribution in [0, 0.1) is 5.82 Å². The second kappa shape index (κ2) is 7.11. The molecule has 2 N–H and O–H groups in total. The molecule has 132 valence electrons. The van der Waals surface area contributed by atoms with Crippen molar-refractivity contribution >= 4 is 27.5 Å². The fourth-order valence-corrected chi connectivity index (χ4v) is 3.89. The molecule has 3 rings (SSSR count). The van der Waals surface area contributed by atoms with E-state index in [0.29, 0.717) is 5.02 Å². The number of sulfonamides is 1. The molecule has 1 aliphatic rings. The van der Waals surface area contributed by atoms with Crippen molar-refractivity contribution in [3.05, 3.63) is 64.4 Å². The Bertz CT molecular complexity index is 914. The average Bonchev–Trinajstić information content (AvgIpc) is 3.36. The lowest BCUT2D eigenvalue weighted by Crippen LogP contribution is -2.28. The van der Waals surface area contributed by atoms with Gasteiger partial charge in [0.15, 0.2) is 0 Å². The van der Waals surface area contributed by atoms with Crippen LogP contribution in [0.4, 0.5) is 4.39 Å². The number of rotatable bonds is 6. The van der Waals surface area contributed by atoms with Gasteiger partial charge in [0.25, 0.3) is 5.91 Å². The molecule has 0 saturated heterocycles. The average molecular weight is 383 g/mol. The van der Waals surface area contributed by atoms with Crippen LogP contribution in [0.25, 0.3) is 0 Å². The van der Waals surface area contributed by atoms with Crippen molar-refractivity contribution in [2.45, 2.75) is 30.3 Å². The highest BCUT2D eigenvalue weighted by molar-refractivity contribution is 7.89. The Labute approximate surface area is 150 Å². The highest BCUT2D eigenvalue weighted by Gasteiger charge is 2.30. The van der Waals surface area contributed by atoms with Crippen molar-refractivity contribution < 1.29 is 17.6 Å². The van der Waals surface area contributed by atoms with E-state index in [9.17, 15) is 17.6 Å². The molecular formula is C17H16ClFN2O3S. The van der Waals surface area contributed by atoms with Gasteiger partial charge in [0.05, 0.1) is 0 Å². The van der Waals surface area contributed by atoms with Gasteiger partial charge in [-0.3, -0.25) is 4.79 Å². The second-order valence-corrected chi connectivity index (χ2v) is 7.97.